The molecule has 172 valence electrons. The van der Waals surface area contributed by atoms with E-state index in [4.69, 9.17) is 4.74 Å². The molecule has 1 aliphatic carbocycles. The average molecular weight is 457 g/mol. The van der Waals surface area contributed by atoms with Crippen LogP contribution in [0.1, 0.15) is 24.4 Å². The molecule has 34 heavy (non-hydrogen) atoms. The number of amides is 1. The molecule has 0 radical (unpaired) electrons. The summed E-state index contributed by atoms with van der Waals surface area (Å²) in [5.41, 5.74) is 4.28. The van der Waals surface area contributed by atoms with E-state index in [0.29, 0.717) is 31.0 Å². The third kappa shape index (κ3) is 4.01. The Morgan fingerprint density at radius 2 is 1.97 bits per heavy atom. The zero-order chi connectivity index (χ0) is 23.1. The van der Waals surface area contributed by atoms with Crippen LogP contribution in [0.25, 0.3) is 22.4 Å². The van der Waals surface area contributed by atoms with E-state index < -0.39 is 0 Å². The Balaban J connectivity index is 1.24. The van der Waals surface area contributed by atoms with Crippen LogP contribution >= 0.6 is 0 Å². The summed E-state index contributed by atoms with van der Waals surface area (Å²) in [4.78, 5) is 16.5. The van der Waals surface area contributed by atoms with Crippen molar-refractivity contribution in [2.75, 3.05) is 19.0 Å². The lowest BCUT2D eigenvalue weighted by atomic mass is 10.1. The molecule has 0 bridgehead atoms. The smallest absolute Gasteiger partial charge is 0.228 e. The minimum atomic E-state index is 0.0265. The van der Waals surface area contributed by atoms with E-state index in [1.807, 2.05) is 51.9 Å². The Bertz CT molecular complexity index is 1490. The van der Waals surface area contributed by atoms with Crippen molar-refractivity contribution in [3.8, 4) is 11.1 Å². The highest BCUT2D eigenvalue weighted by Gasteiger charge is 2.30. The Kier molecular flexibility index (Phi) is 5.02. The van der Waals surface area contributed by atoms with Gasteiger partial charge in [0.25, 0.3) is 0 Å². The number of pyridine rings is 1. The first-order chi connectivity index (χ1) is 16.7. The highest BCUT2D eigenvalue weighted by atomic mass is 16.5. The molecule has 0 saturated heterocycles. The van der Waals surface area contributed by atoms with E-state index in [-0.39, 0.29) is 11.8 Å². The predicted molar refractivity (Wildman–Crippen MR) is 123 cm³/mol. The molecule has 1 saturated carbocycles. The summed E-state index contributed by atoms with van der Waals surface area (Å²) in [5.74, 6) is 1.45. The van der Waals surface area contributed by atoms with E-state index in [1.54, 1.807) is 17.8 Å². The number of fused-ring (bicyclic) bond motifs is 2. The number of hydrogen-bond acceptors (Lipinski definition) is 7. The van der Waals surface area contributed by atoms with E-state index in [0.717, 1.165) is 41.1 Å². The number of methoxy groups -OCH3 is 1. The molecule has 1 amide bonds. The third-order valence-corrected chi connectivity index (χ3v) is 5.88. The summed E-state index contributed by atoms with van der Waals surface area (Å²) in [7, 11) is 1.68. The summed E-state index contributed by atoms with van der Waals surface area (Å²) >= 11 is 0. The maximum absolute atomic E-state index is 12.0. The lowest BCUT2D eigenvalue weighted by Crippen LogP contribution is -2.13. The summed E-state index contributed by atoms with van der Waals surface area (Å²) in [6, 6.07) is 7.76. The van der Waals surface area contributed by atoms with Crippen molar-refractivity contribution in [3.63, 3.8) is 0 Å². The zero-order valence-electron chi connectivity index (χ0n) is 18.6. The molecule has 5 aromatic heterocycles. The van der Waals surface area contributed by atoms with E-state index in [2.05, 4.69) is 30.7 Å². The molecule has 1 N–H and O–H groups in total. The van der Waals surface area contributed by atoms with Crippen LogP contribution < -0.4 is 5.32 Å². The van der Waals surface area contributed by atoms with Gasteiger partial charge in [-0.05, 0) is 37.1 Å². The SMILES string of the molecule is COCCn1cc(-c2ccc3nnc(Cc4ccc5nc(NC(=O)C6CC6)cn5n4)n3c2)cn1. The molecule has 11 nitrogen and oxygen atoms in total. The van der Waals surface area contributed by atoms with Crippen LogP contribution in [0, 0.1) is 5.92 Å². The van der Waals surface area contributed by atoms with Gasteiger partial charge in [-0.25, -0.2) is 9.50 Å². The fourth-order valence-corrected chi connectivity index (χ4v) is 3.86. The first-order valence-corrected chi connectivity index (χ1v) is 11.2. The largest absolute Gasteiger partial charge is 0.383 e. The van der Waals surface area contributed by atoms with Crippen LogP contribution in [0.15, 0.2) is 49.1 Å². The molecule has 5 heterocycles. The van der Waals surface area contributed by atoms with Gasteiger partial charge >= 0.3 is 0 Å². The van der Waals surface area contributed by atoms with Crippen LogP contribution in [0.3, 0.4) is 0 Å². The number of carbonyl (C=O) groups excluding carboxylic acids is 1. The topological polar surface area (TPSA) is 117 Å². The van der Waals surface area contributed by atoms with Gasteiger partial charge in [-0.15, -0.1) is 10.2 Å². The number of ether oxygens (including phenoxy) is 1. The summed E-state index contributed by atoms with van der Waals surface area (Å²) in [5, 5.41) is 20.6. The van der Waals surface area contributed by atoms with Crippen molar-refractivity contribution >= 4 is 23.0 Å². The second-order valence-electron chi connectivity index (χ2n) is 8.44. The number of carbonyl (C=O) groups is 1. The Morgan fingerprint density at radius 1 is 1.09 bits per heavy atom. The fraction of sp³-hybridized carbons (Fsp3) is 0.304. The summed E-state index contributed by atoms with van der Waals surface area (Å²) in [6.07, 6.45) is 9.99. The molecule has 1 fully saturated rings. The minimum Gasteiger partial charge on any atom is -0.383 e. The standard InChI is InChI=1S/C23H23N9O2/c1-34-9-8-30-12-17(11-24-30)16-4-6-21-27-28-22(31(21)13-16)10-18-5-7-20-25-19(14-32(20)29-18)26-23(33)15-2-3-15/h4-7,11-15H,2-3,8-10H2,1H3,(H,26,33). The van der Waals surface area contributed by atoms with Gasteiger partial charge in [0, 0.05) is 36.5 Å². The average Bonchev–Trinajstić information content (AvgIpc) is 3.28. The van der Waals surface area contributed by atoms with Crippen LogP contribution in [0.4, 0.5) is 5.82 Å². The van der Waals surface area contributed by atoms with Gasteiger partial charge in [-0.1, -0.05) is 0 Å². The molecule has 5 aromatic rings. The maximum atomic E-state index is 12.0. The number of aromatic nitrogens is 8. The Hall–Kier alpha value is -4.12. The number of rotatable bonds is 8. The first-order valence-electron chi connectivity index (χ1n) is 11.2. The lowest BCUT2D eigenvalue weighted by Gasteiger charge is -2.03. The van der Waals surface area contributed by atoms with E-state index >= 15 is 0 Å². The molecule has 0 spiro atoms. The predicted octanol–water partition coefficient (Wildman–Crippen LogP) is 2.22. The molecule has 0 aliphatic heterocycles. The van der Waals surface area contributed by atoms with Crippen LogP contribution in [0.5, 0.6) is 0 Å². The second-order valence-corrected chi connectivity index (χ2v) is 8.44. The number of hydrogen-bond donors (Lipinski definition) is 1. The zero-order valence-corrected chi connectivity index (χ0v) is 18.6. The van der Waals surface area contributed by atoms with E-state index in [1.165, 1.54) is 0 Å². The van der Waals surface area contributed by atoms with Gasteiger partial charge in [0.2, 0.25) is 5.91 Å². The van der Waals surface area contributed by atoms with E-state index in [9.17, 15) is 4.79 Å². The summed E-state index contributed by atoms with van der Waals surface area (Å²) in [6.45, 7) is 1.31. The third-order valence-electron chi connectivity index (χ3n) is 5.88. The number of nitrogens with zero attached hydrogens (tertiary/aromatic N) is 8. The first kappa shape index (κ1) is 20.5. The molecule has 0 atom stereocenters. The fourth-order valence-electron chi connectivity index (χ4n) is 3.86. The number of nitrogens with one attached hydrogen (secondary N) is 1. The molecular weight excluding hydrogens is 434 g/mol. The van der Waals surface area contributed by atoms with Crippen LogP contribution in [-0.4, -0.2) is 58.6 Å². The van der Waals surface area contributed by atoms with Gasteiger partial charge in [-0.2, -0.15) is 10.2 Å². The number of anilines is 1. The van der Waals surface area contributed by atoms with Crippen molar-refractivity contribution in [1.82, 2.24) is 39.0 Å². The highest BCUT2D eigenvalue weighted by molar-refractivity contribution is 5.93. The van der Waals surface area contributed by atoms with Gasteiger partial charge in [0.05, 0.1) is 37.7 Å². The Morgan fingerprint density at radius 3 is 2.82 bits per heavy atom. The second kappa shape index (κ2) is 8.34. The molecule has 6 rings (SSSR count). The highest BCUT2D eigenvalue weighted by Crippen LogP contribution is 2.30. The monoisotopic (exact) mass is 457 g/mol. The van der Waals surface area contributed by atoms with Crippen molar-refractivity contribution in [2.45, 2.75) is 25.8 Å². The molecule has 0 aromatic carbocycles. The minimum absolute atomic E-state index is 0.0265. The summed E-state index contributed by atoms with van der Waals surface area (Å²) < 4.78 is 10.6. The van der Waals surface area contributed by atoms with Crippen LogP contribution in [0.2, 0.25) is 0 Å². The van der Waals surface area contributed by atoms with Crippen LogP contribution in [-0.2, 0) is 22.5 Å². The van der Waals surface area contributed by atoms with Gasteiger partial charge in [-0.3, -0.25) is 13.9 Å². The van der Waals surface area contributed by atoms with Gasteiger partial charge < -0.3 is 10.1 Å². The molecule has 0 unspecified atom stereocenters. The quantitative estimate of drug-likeness (QED) is 0.380. The normalized spacial score (nSPS) is 13.7. The number of imidazole rings is 1. The molecule has 11 heteroatoms. The molecular formula is C23H23N9O2. The van der Waals surface area contributed by atoms with Crippen molar-refractivity contribution in [2.24, 2.45) is 5.92 Å². The van der Waals surface area contributed by atoms with Gasteiger partial charge in [0.15, 0.2) is 17.1 Å². The van der Waals surface area contributed by atoms with Crippen molar-refractivity contribution in [3.05, 3.63) is 60.6 Å². The van der Waals surface area contributed by atoms with Gasteiger partial charge in [0.1, 0.15) is 5.82 Å². The molecule has 1 aliphatic rings. The van der Waals surface area contributed by atoms with Crippen molar-refractivity contribution < 1.29 is 9.53 Å². The Labute approximate surface area is 194 Å². The maximum Gasteiger partial charge on any atom is 0.228 e. The lowest BCUT2D eigenvalue weighted by molar-refractivity contribution is -0.117. The van der Waals surface area contributed by atoms with Crippen molar-refractivity contribution in [1.29, 1.82) is 0 Å².